The zero-order valence-corrected chi connectivity index (χ0v) is 32.9. The topological polar surface area (TPSA) is 182 Å². The van der Waals surface area contributed by atoms with Gasteiger partial charge in [-0.2, -0.15) is 8.78 Å². The summed E-state index contributed by atoms with van der Waals surface area (Å²) in [6, 6.07) is 2.47. The molecular formula is C35H47F2N6O7PS2. The molecule has 4 heterocycles. The molecule has 3 aromatic rings. The Bertz CT molecular complexity index is 1870. The van der Waals surface area contributed by atoms with Crippen molar-refractivity contribution in [3.8, 4) is 0 Å². The lowest BCUT2D eigenvalue weighted by Crippen LogP contribution is -2.60. The number of hydrogen-bond donors (Lipinski definition) is 4. The molecule has 0 bridgehead atoms. The summed E-state index contributed by atoms with van der Waals surface area (Å²) in [7, 11) is -4.84. The molecule has 0 saturated carbocycles. The number of aromatic nitrogens is 1. The van der Waals surface area contributed by atoms with E-state index >= 15 is 8.78 Å². The van der Waals surface area contributed by atoms with Gasteiger partial charge in [0.1, 0.15) is 17.1 Å². The lowest BCUT2D eigenvalue weighted by Gasteiger charge is -2.35. The molecule has 290 valence electrons. The number of carbonyl (C=O) groups excluding carboxylic acids is 4. The first-order valence-corrected chi connectivity index (χ1v) is 20.9. The fraction of sp³-hybridized carbons (Fsp3) is 0.571. The molecule has 2 saturated heterocycles. The first-order valence-electron chi connectivity index (χ1n) is 17.7. The standard InChI is InChI=1S/C35H47F2N6O7PS2/c1-6-49-51(48,50-7-2)35(36,37)21-8-12-26-20(16-21)17-27(52-26)31(46)42-24-18-39-15-14-22-9-11-25(43(22)33(24)47)30(45)41-23(10-13-29(38)44)32-40-19-28(53-32)34(3,4)5/h8,12,16-17,19,22-25,39H,6-7,9-11,13-15,18H2,1-5H3,(H2,38,44)(H,41,45)(H,42,46)/t22-,23+,24+,25+/m1/s1. The van der Waals surface area contributed by atoms with Gasteiger partial charge in [-0.1, -0.05) is 26.8 Å². The van der Waals surface area contributed by atoms with Crippen molar-refractivity contribution in [3.05, 3.63) is 50.8 Å². The molecular weight excluding hydrogens is 750 g/mol. The zero-order valence-electron chi connectivity index (χ0n) is 30.4. The van der Waals surface area contributed by atoms with Crippen molar-refractivity contribution in [3.63, 3.8) is 0 Å². The summed E-state index contributed by atoms with van der Waals surface area (Å²) in [5.41, 5.74) is 0.767. The highest BCUT2D eigenvalue weighted by molar-refractivity contribution is 7.54. The molecule has 53 heavy (non-hydrogen) atoms. The predicted octanol–water partition coefficient (Wildman–Crippen LogP) is 5.55. The van der Waals surface area contributed by atoms with Crippen molar-refractivity contribution < 1.29 is 41.6 Å². The van der Waals surface area contributed by atoms with E-state index in [-0.39, 0.29) is 54.8 Å². The van der Waals surface area contributed by atoms with Crippen LogP contribution in [0.3, 0.4) is 0 Å². The van der Waals surface area contributed by atoms with Crippen LogP contribution >= 0.6 is 30.3 Å². The maximum atomic E-state index is 15.5. The number of halogens is 2. The van der Waals surface area contributed by atoms with Crippen molar-refractivity contribution in [1.29, 1.82) is 0 Å². The number of nitrogens with zero attached hydrogens (tertiary/aromatic N) is 2. The van der Waals surface area contributed by atoms with Crippen LogP contribution in [0.15, 0.2) is 30.5 Å². The van der Waals surface area contributed by atoms with Gasteiger partial charge in [0.15, 0.2) is 0 Å². The number of fused-ring (bicyclic) bond motifs is 2. The number of primary amides is 1. The van der Waals surface area contributed by atoms with E-state index in [2.05, 4.69) is 41.7 Å². The second-order valence-electron chi connectivity index (χ2n) is 14.1. The Kier molecular flexibility index (Phi) is 12.8. The summed E-state index contributed by atoms with van der Waals surface area (Å²) in [5.74, 6) is -1.89. The van der Waals surface area contributed by atoms with Gasteiger partial charge in [0.2, 0.25) is 17.7 Å². The minimum atomic E-state index is -4.84. The number of carbonyl (C=O) groups is 4. The molecule has 4 amide bonds. The van der Waals surface area contributed by atoms with Gasteiger partial charge in [0.25, 0.3) is 5.91 Å². The van der Waals surface area contributed by atoms with Crippen molar-refractivity contribution in [1.82, 2.24) is 25.8 Å². The molecule has 1 aromatic carbocycles. The number of nitrogens with one attached hydrogen (secondary N) is 3. The number of rotatable bonds is 14. The molecule has 2 fully saturated rings. The van der Waals surface area contributed by atoms with Crippen LogP contribution in [0.1, 0.15) is 97.9 Å². The summed E-state index contributed by atoms with van der Waals surface area (Å²) in [6.45, 7) is 9.26. The molecule has 13 nitrogen and oxygen atoms in total. The minimum Gasteiger partial charge on any atom is -0.370 e. The van der Waals surface area contributed by atoms with Gasteiger partial charge in [0, 0.05) is 40.3 Å². The summed E-state index contributed by atoms with van der Waals surface area (Å²) < 4.78 is 54.3. The number of benzene rings is 1. The number of amides is 4. The predicted molar refractivity (Wildman–Crippen MR) is 199 cm³/mol. The van der Waals surface area contributed by atoms with Crippen LogP contribution in [-0.2, 0) is 39.1 Å². The third-order valence-electron chi connectivity index (χ3n) is 9.25. The lowest BCUT2D eigenvalue weighted by atomic mass is 9.96. The number of thiophene rings is 1. The van der Waals surface area contributed by atoms with Crippen molar-refractivity contribution in [2.75, 3.05) is 26.3 Å². The van der Waals surface area contributed by atoms with Gasteiger partial charge < -0.3 is 35.6 Å². The van der Waals surface area contributed by atoms with E-state index in [0.29, 0.717) is 40.9 Å². The second kappa shape index (κ2) is 16.6. The van der Waals surface area contributed by atoms with Gasteiger partial charge in [-0.05, 0) is 75.1 Å². The first-order chi connectivity index (χ1) is 25.0. The van der Waals surface area contributed by atoms with Crippen LogP contribution in [0.5, 0.6) is 0 Å². The third-order valence-corrected chi connectivity index (χ3v) is 14.0. The monoisotopic (exact) mass is 796 g/mol. The van der Waals surface area contributed by atoms with Gasteiger partial charge in [-0.3, -0.25) is 23.7 Å². The third kappa shape index (κ3) is 8.97. The summed E-state index contributed by atoms with van der Waals surface area (Å²) in [5, 5.41) is 10.0. The van der Waals surface area contributed by atoms with E-state index < -0.39 is 54.7 Å². The average molecular weight is 797 g/mol. The summed E-state index contributed by atoms with van der Waals surface area (Å²) in [4.78, 5) is 60.7. The van der Waals surface area contributed by atoms with E-state index in [4.69, 9.17) is 14.8 Å². The molecule has 0 radical (unpaired) electrons. The van der Waals surface area contributed by atoms with Crippen LogP contribution < -0.4 is 21.7 Å². The molecule has 4 atom stereocenters. The molecule has 0 unspecified atom stereocenters. The number of nitrogens with two attached hydrogens (primary N) is 1. The first kappa shape index (κ1) is 40.8. The normalized spacial score (nSPS) is 20.5. The van der Waals surface area contributed by atoms with Crippen LogP contribution in [0.4, 0.5) is 8.78 Å². The van der Waals surface area contributed by atoms with Gasteiger partial charge in [0.05, 0.1) is 24.1 Å². The maximum absolute atomic E-state index is 15.5. The molecule has 0 spiro atoms. The summed E-state index contributed by atoms with van der Waals surface area (Å²) >= 11 is 2.51. The highest BCUT2D eigenvalue weighted by Crippen LogP contribution is 2.67. The quantitative estimate of drug-likeness (QED) is 0.152. The highest BCUT2D eigenvalue weighted by atomic mass is 32.1. The summed E-state index contributed by atoms with van der Waals surface area (Å²) in [6.07, 6.45) is 3.67. The van der Waals surface area contributed by atoms with Crippen molar-refractivity contribution in [2.24, 2.45) is 5.73 Å². The number of alkyl halides is 2. The lowest BCUT2D eigenvalue weighted by molar-refractivity contribution is -0.142. The Morgan fingerprint density at radius 2 is 1.83 bits per heavy atom. The Morgan fingerprint density at radius 1 is 1.11 bits per heavy atom. The zero-order chi connectivity index (χ0) is 38.7. The molecule has 5 rings (SSSR count). The van der Waals surface area contributed by atoms with Crippen LogP contribution in [0.25, 0.3) is 10.1 Å². The Morgan fingerprint density at radius 3 is 2.47 bits per heavy atom. The smallest absolute Gasteiger partial charge is 0.370 e. The molecule has 18 heteroatoms. The molecule has 2 aliphatic heterocycles. The highest BCUT2D eigenvalue weighted by Gasteiger charge is 2.55. The van der Waals surface area contributed by atoms with E-state index in [9.17, 15) is 23.7 Å². The Hall–Kier alpha value is -3.34. The number of thiazole rings is 1. The van der Waals surface area contributed by atoms with E-state index in [1.807, 2.05) is 0 Å². The van der Waals surface area contributed by atoms with Crippen LogP contribution in [0, 0.1) is 0 Å². The SMILES string of the molecule is CCOP(=O)(OCC)C(F)(F)c1ccc2sc(C(=O)N[C@H]3CNCC[C@H]4CC[C@@H](C(=O)N[C@@H](CCC(N)=O)c5ncc(C(C)(C)C)s5)N4C3=O)cc2c1. The van der Waals surface area contributed by atoms with Gasteiger partial charge in [-0.25, -0.2) is 4.98 Å². The molecule has 5 N–H and O–H groups in total. The molecule has 0 aliphatic carbocycles. The van der Waals surface area contributed by atoms with Crippen LogP contribution in [-0.4, -0.2) is 77.9 Å². The Balaban J connectivity index is 1.33. The second-order valence-corrected chi connectivity index (χ2v) is 18.3. The molecule has 2 aromatic heterocycles. The average Bonchev–Trinajstić information content (AvgIpc) is 3.85. The van der Waals surface area contributed by atoms with Crippen LogP contribution in [0.2, 0.25) is 0 Å². The van der Waals surface area contributed by atoms with Crippen molar-refractivity contribution in [2.45, 2.75) is 102 Å². The van der Waals surface area contributed by atoms with Crippen molar-refractivity contribution >= 4 is 64.0 Å². The van der Waals surface area contributed by atoms with E-state index in [0.717, 1.165) is 28.3 Å². The van der Waals surface area contributed by atoms with Gasteiger partial charge >= 0.3 is 13.3 Å². The molecule has 2 aliphatic rings. The van der Waals surface area contributed by atoms with E-state index in [1.165, 1.54) is 37.3 Å². The minimum absolute atomic E-state index is 0.0356. The van der Waals surface area contributed by atoms with Gasteiger partial charge in [-0.15, -0.1) is 22.7 Å². The number of hydrogen-bond acceptors (Lipinski definition) is 11. The van der Waals surface area contributed by atoms with E-state index in [1.54, 1.807) is 11.1 Å². The fourth-order valence-electron chi connectivity index (χ4n) is 6.53. The Labute approximate surface area is 315 Å². The maximum Gasteiger partial charge on any atom is 0.404 e. The fourth-order valence-corrected chi connectivity index (χ4v) is 10.1. The largest absolute Gasteiger partial charge is 0.404 e.